The van der Waals surface area contributed by atoms with Crippen molar-refractivity contribution in [3.63, 3.8) is 0 Å². The first-order valence-corrected chi connectivity index (χ1v) is 21.1. The highest BCUT2D eigenvalue weighted by Crippen LogP contribution is 2.27. The number of ketones is 1. The van der Waals surface area contributed by atoms with Crippen LogP contribution in [0.1, 0.15) is 113 Å². The summed E-state index contributed by atoms with van der Waals surface area (Å²) in [7, 11) is 0. The second kappa shape index (κ2) is 21.4. The fraction of sp³-hybridized carbons (Fsp3) is 0.468. The molecule has 320 valence electrons. The first-order chi connectivity index (χ1) is 28.7. The van der Waals surface area contributed by atoms with Gasteiger partial charge in [-0.2, -0.15) is 0 Å². The molecule has 4 atom stereocenters. The number of esters is 1. The van der Waals surface area contributed by atoms with Crippen LogP contribution in [0, 0.1) is 5.92 Å². The van der Waals surface area contributed by atoms with Crippen molar-refractivity contribution in [1.29, 1.82) is 0 Å². The highest BCUT2D eigenvalue weighted by molar-refractivity contribution is 6.38. The zero-order valence-electron chi connectivity index (χ0n) is 35.1. The Kier molecular flexibility index (Phi) is 16.1. The van der Waals surface area contributed by atoms with E-state index in [4.69, 9.17) is 4.74 Å². The molecular weight excluding hydrogens is 763 g/mol. The van der Waals surface area contributed by atoms with Crippen LogP contribution in [0.25, 0.3) is 0 Å². The minimum absolute atomic E-state index is 0.0787. The smallest absolute Gasteiger partial charge is 0.333 e. The van der Waals surface area contributed by atoms with E-state index >= 15 is 0 Å². The van der Waals surface area contributed by atoms with Crippen molar-refractivity contribution in [2.45, 2.75) is 128 Å². The summed E-state index contributed by atoms with van der Waals surface area (Å²) in [6.45, 7) is 6.28. The molecule has 0 aromatic heterocycles. The average Bonchev–Trinajstić information content (AvgIpc) is 3.22. The summed E-state index contributed by atoms with van der Waals surface area (Å²) in [4.78, 5) is 94.8. The number of benzene rings is 3. The molecule has 60 heavy (non-hydrogen) atoms. The van der Waals surface area contributed by atoms with E-state index in [9.17, 15) is 33.6 Å². The van der Waals surface area contributed by atoms with Crippen molar-refractivity contribution in [2.75, 3.05) is 6.54 Å². The third kappa shape index (κ3) is 13.6. The van der Waals surface area contributed by atoms with Crippen LogP contribution >= 0.6 is 0 Å². The summed E-state index contributed by atoms with van der Waals surface area (Å²) in [5.41, 5.74) is 3.53. The third-order valence-electron chi connectivity index (χ3n) is 10.8. The van der Waals surface area contributed by atoms with Gasteiger partial charge in [0, 0.05) is 12.8 Å². The van der Waals surface area contributed by atoms with Gasteiger partial charge in [0.25, 0.3) is 5.91 Å². The van der Waals surface area contributed by atoms with Crippen molar-refractivity contribution in [2.24, 2.45) is 5.92 Å². The number of fused-ring (bicyclic) bond motifs is 10. The van der Waals surface area contributed by atoms with E-state index in [1.54, 1.807) is 58.0 Å². The first-order valence-electron chi connectivity index (χ1n) is 21.1. The van der Waals surface area contributed by atoms with Gasteiger partial charge in [-0.3, -0.25) is 28.8 Å². The molecule has 13 nitrogen and oxygen atoms in total. The maximum atomic E-state index is 14.2. The van der Waals surface area contributed by atoms with Gasteiger partial charge in [-0.05, 0) is 86.6 Å². The molecule has 13 heteroatoms. The number of carbonyl (C=O) groups excluding carboxylic acids is 7. The van der Waals surface area contributed by atoms with Gasteiger partial charge in [0.2, 0.25) is 29.4 Å². The predicted molar refractivity (Wildman–Crippen MR) is 226 cm³/mol. The molecular formula is C47H59N5O8. The molecule has 6 rings (SSSR count). The van der Waals surface area contributed by atoms with Crippen LogP contribution < -0.4 is 26.6 Å². The van der Waals surface area contributed by atoms with E-state index in [1.165, 1.54) is 0 Å². The number of ether oxygens (including phenoxy) is 1. The zero-order valence-corrected chi connectivity index (χ0v) is 35.1. The molecule has 5 N–H and O–H groups in total. The molecule has 4 bridgehead atoms. The molecule has 3 aromatic carbocycles. The Morgan fingerprint density at radius 3 is 2.15 bits per heavy atom. The fourth-order valence-corrected chi connectivity index (χ4v) is 7.73. The summed E-state index contributed by atoms with van der Waals surface area (Å²) in [6, 6.07) is 19.9. The van der Waals surface area contributed by atoms with Crippen LogP contribution in [-0.2, 0) is 57.6 Å². The van der Waals surface area contributed by atoms with Crippen molar-refractivity contribution in [3.8, 4) is 0 Å². The van der Waals surface area contributed by atoms with E-state index in [2.05, 4.69) is 26.6 Å². The number of Topliss-reactive ketones (excluding diaryl/α,β-unsaturated/α-hetero) is 1. The molecule has 2 heterocycles. The van der Waals surface area contributed by atoms with Gasteiger partial charge in [0.05, 0.1) is 12.6 Å². The molecule has 1 fully saturated rings. The lowest BCUT2D eigenvalue weighted by molar-refractivity contribution is -0.158. The van der Waals surface area contributed by atoms with Gasteiger partial charge < -0.3 is 31.3 Å². The largest absolute Gasteiger partial charge is 0.458 e. The lowest BCUT2D eigenvalue weighted by Gasteiger charge is -2.31. The van der Waals surface area contributed by atoms with E-state index < -0.39 is 71.7 Å². The molecule has 3 unspecified atom stereocenters. The molecule has 3 aliphatic rings. The number of rotatable bonds is 12. The number of carbonyl (C=O) groups is 7. The summed E-state index contributed by atoms with van der Waals surface area (Å²) in [6.07, 6.45) is 6.36. The Morgan fingerprint density at radius 1 is 0.783 bits per heavy atom. The number of hydrogen-bond donors (Lipinski definition) is 5. The highest BCUT2D eigenvalue weighted by atomic mass is 16.6. The van der Waals surface area contributed by atoms with Crippen molar-refractivity contribution in [3.05, 3.63) is 107 Å². The first kappa shape index (κ1) is 45.2. The topological polar surface area (TPSA) is 189 Å². The molecule has 1 aliphatic carbocycles. The van der Waals surface area contributed by atoms with Crippen LogP contribution in [0.4, 0.5) is 0 Å². The fourth-order valence-electron chi connectivity index (χ4n) is 7.73. The van der Waals surface area contributed by atoms with E-state index in [0.29, 0.717) is 24.8 Å². The van der Waals surface area contributed by atoms with Crippen molar-refractivity contribution >= 4 is 41.3 Å². The normalized spacial score (nSPS) is 18.7. The van der Waals surface area contributed by atoms with Gasteiger partial charge in [-0.1, -0.05) is 111 Å². The van der Waals surface area contributed by atoms with Crippen LogP contribution in [0.3, 0.4) is 0 Å². The maximum Gasteiger partial charge on any atom is 0.333 e. The Labute approximate surface area is 352 Å². The summed E-state index contributed by atoms with van der Waals surface area (Å²) in [5.74, 6) is -5.03. The van der Waals surface area contributed by atoms with Crippen molar-refractivity contribution in [1.82, 2.24) is 26.6 Å². The van der Waals surface area contributed by atoms with Gasteiger partial charge in [-0.15, -0.1) is 0 Å². The van der Waals surface area contributed by atoms with E-state index in [-0.39, 0.29) is 31.1 Å². The summed E-state index contributed by atoms with van der Waals surface area (Å²) >= 11 is 0. The summed E-state index contributed by atoms with van der Waals surface area (Å²) in [5, 5.41) is 13.6. The monoisotopic (exact) mass is 821 g/mol. The van der Waals surface area contributed by atoms with Gasteiger partial charge in [-0.25, -0.2) is 4.79 Å². The molecule has 2 aliphatic heterocycles. The lowest BCUT2D eigenvalue weighted by atomic mass is 9.83. The summed E-state index contributed by atoms with van der Waals surface area (Å²) < 4.78 is 5.51. The molecule has 5 amide bonds. The standard InChI is InChI=1S/C47H59N5O8/c1-5-13-36(42(55)45(58)48-29-39(54)52-41(35-18-10-7-11-19-35)46(59)60-47(2,3)4)49-43(56)37-28-33-15-12-14-32(27-33)26-31-22-20-30(21-23-31)24-25-38(53)51-40(44(57)50-37)34-16-8-6-9-17-34/h7,10-12,14-15,18-23,27,34,36-37,40-41H,5-6,8-9,13,16-17,24-26,28-29H2,1-4H3,(H,48,58)(H,49,56)(H,50,57)(H,51,53)(H,52,54)/t36?,37?,40-,41?/m0/s1. The molecule has 1 saturated carbocycles. The quantitative estimate of drug-likeness (QED) is 0.131. The average molecular weight is 822 g/mol. The Bertz CT molecular complexity index is 1990. The van der Waals surface area contributed by atoms with E-state index in [1.807, 2.05) is 48.5 Å². The Hall–Kier alpha value is -5.85. The second-order valence-electron chi connectivity index (χ2n) is 16.9. The number of amides is 5. The highest BCUT2D eigenvalue weighted by Gasteiger charge is 2.36. The molecule has 0 spiro atoms. The lowest BCUT2D eigenvalue weighted by Crippen LogP contribution is -2.59. The van der Waals surface area contributed by atoms with Gasteiger partial charge >= 0.3 is 5.97 Å². The number of hydrogen-bond acceptors (Lipinski definition) is 8. The molecule has 0 radical (unpaired) electrons. The number of aryl methyl sites for hydroxylation is 1. The Morgan fingerprint density at radius 2 is 1.47 bits per heavy atom. The molecule has 3 aromatic rings. The second-order valence-corrected chi connectivity index (χ2v) is 16.9. The predicted octanol–water partition coefficient (Wildman–Crippen LogP) is 4.49. The van der Waals surface area contributed by atoms with Crippen LogP contribution in [0.15, 0.2) is 78.9 Å². The van der Waals surface area contributed by atoms with Crippen molar-refractivity contribution < 1.29 is 38.3 Å². The van der Waals surface area contributed by atoms with E-state index in [0.717, 1.165) is 54.4 Å². The number of nitrogens with one attached hydrogen (secondary N) is 5. The SMILES string of the molecule is CCCC(NC(=O)C1Cc2cccc(c2)Cc2ccc(cc2)CCC(=O)N[C@@H](C2CCCCC2)C(=O)N1)C(=O)C(=O)NCC(=O)NC(C(=O)OC(C)(C)C)c1ccccc1. The minimum atomic E-state index is -1.27. The van der Waals surface area contributed by atoms with Crippen LogP contribution in [0.2, 0.25) is 0 Å². The molecule has 0 saturated heterocycles. The van der Waals surface area contributed by atoms with Crippen LogP contribution in [-0.4, -0.2) is 71.6 Å². The third-order valence-corrected chi connectivity index (χ3v) is 10.8. The Balaban J connectivity index is 1.32. The van der Waals surface area contributed by atoms with Gasteiger partial charge in [0.1, 0.15) is 17.7 Å². The van der Waals surface area contributed by atoms with Gasteiger partial charge in [0.15, 0.2) is 6.04 Å². The van der Waals surface area contributed by atoms with Crippen LogP contribution in [0.5, 0.6) is 0 Å². The zero-order chi connectivity index (χ0) is 43.2. The maximum absolute atomic E-state index is 14.2. The minimum Gasteiger partial charge on any atom is -0.458 e.